The van der Waals surface area contributed by atoms with Crippen molar-refractivity contribution in [3.63, 3.8) is 0 Å². The minimum Gasteiger partial charge on any atom is -0.395 e. The van der Waals surface area contributed by atoms with E-state index in [4.69, 9.17) is 21.7 Å². The Kier molecular flexibility index (Phi) is 4.87. The van der Waals surface area contributed by atoms with Crippen molar-refractivity contribution >= 4 is 28.5 Å². The van der Waals surface area contributed by atoms with Gasteiger partial charge < -0.3 is 26.6 Å². The predicted molar refractivity (Wildman–Crippen MR) is 95.8 cm³/mol. The summed E-state index contributed by atoms with van der Waals surface area (Å²) < 4.78 is 0. The zero-order chi connectivity index (χ0) is 17.8. The number of nitrogens with two attached hydrogens (primary N) is 2. The smallest absolute Gasteiger partial charge is 0.185 e. The van der Waals surface area contributed by atoms with Crippen LogP contribution in [0.2, 0.25) is 0 Å². The van der Waals surface area contributed by atoms with Crippen molar-refractivity contribution in [3.8, 4) is 11.3 Å². The lowest BCUT2D eigenvalue weighted by Gasteiger charge is -2.23. The Hall–Kier alpha value is -3.04. The maximum Gasteiger partial charge on any atom is 0.185 e. The van der Waals surface area contributed by atoms with Gasteiger partial charge in [-0.1, -0.05) is 12.1 Å². The van der Waals surface area contributed by atoms with Crippen LogP contribution in [-0.2, 0) is 0 Å². The summed E-state index contributed by atoms with van der Waals surface area (Å²) in [5.41, 5.74) is 14.7. The minimum atomic E-state index is 0.00409. The molecule has 0 amide bonds. The molecule has 130 valence electrons. The van der Waals surface area contributed by atoms with E-state index >= 15 is 0 Å². The van der Waals surface area contributed by atoms with Crippen LogP contribution in [0.25, 0.3) is 22.4 Å². The van der Waals surface area contributed by atoms with Crippen molar-refractivity contribution in [2.24, 2.45) is 0 Å². The summed E-state index contributed by atoms with van der Waals surface area (Å²) in [5, 5.41) is 18.3. The first-order valence-corrected chi connectivity index (χ1v) is 7.75. The molecule has 0 unspecified atom stereocenters. The number of benzene rings is 1. The molecule has 0 aliphatic rings. The number of anilines is 3. The molecule has 0 saturated carbocycles. The lowest BCUT2D eigenvalue weighted by Crippen LogP contribution is -2.29. The predicted octanol–water partition coefficient (Wildman–Crippen LogP) is 0.0422. The van der Waals surface area contributed by atoms with E-state index in [1.807, 2.05) is 29.2 Å². The first-order valence-electron chi connectivity index (χ1n) is 7.75. The quantitative estimate of drug-likeness (QED) is 0.488. The van der Waals surface area contributed by atoms with Crippen molar-refractivity contribution < 1.29 is 10.2 Å². The fourth-order valence-corrected chi connectivity index (χ4v) is 2.56. The number of rotatable bonds is 6. The van der Waals surface area contributed by atoms with Gasteiger partial charge in [0.15, 0.2) is 22.8 Å². The number of aliphatic hydroxyl groups is 2. The van der Waals surface area contributed by atoms with Gasteiger partial charge in [-0.15, -0.1) is 0 Å². The van der Waals surface area contributed by atoms with Crippen LogP contribution in [-0.4, -0.2) is 56.5 Å². The molecule has 1 aromatic carbocycles. The zero-order valence-corrected chi connectivity index (χ0v) is 13.5. The monoisotopic (exact) mass is 341 g/mol. The average Bonchev–Trinajstić information content (AvgIpc) is 2.62. The van der Waals surface area contributed by atoms with Crippen LogP contribution in [0.3, 0.4) is 0 Å². The number of hydrogen-bond donors (Lipinski definition) is 4. The molecule has 2 heterocycles. The van der Waals surface area contributed by atoms with Gasteiger partial charge in [0.05, 0.1) is 13.2 Å². The topological polar surface area (TPSA) is 147 Å². The lowest BCUT2D eigenvalue weighted by atomic mass is 10.1. The van der Waals surface area contributed by atoms with Crippen LogP contribution in [0.15, 0.2) is 30.6 Å². The van der Waals surface area contributed by atoms with E-state index in [1.54, 1.807) is 0 Å². The van der Waals surface area contributed by atoms with Crippen LogP contribution in [0.5, 0.6) is 0 Å². The SMILES string of the molecule is Nc1nc2ncnc(N)c2nc1-c1ccc(N(CCO)CCO)cc1. The molecule has 6 N–H and O–H groups in total. The van der Waals surface area contributed by atoms with Crippen LogP contribution >= 0.6 is 0 Å². The largest absolute Gasteiger partial charge is 0.395 e. The molecule has 3 rings (SSSR count). The van der Waals surface area contributed by atoms with Gasteiger partial charge in [-0.05, 0) is 12.1 Å². The van der Waals surface area contributed by atoms with Crippen LogP contribution in [0, 0.1) is 0 Å². The summed E-state index contributed by atoms with van der Waals surface area (Å²) in [4.78, 5) is 18.5. The molecule has 0 aliphatic heterocycles. The van der Waals surface area contributed by atoms with Crippen LogP contribution in [0.4, 0.5) is 17.3 Å². The second-order valence-corrected chi connectivity index (χ2v) is 5.37. The molecule has 9 heteroatoms. The molecule has 9 nitrogen and oxygen atoms in total. The van der Waals surface area contributed by atoms with Crippen molar-refractivity contribution in [2.75, 3.05) is 42.7 Å². The van der Waals surface area contributed by atoms with Gasteiger partial charge in [-0.3, -0.25) is 0 Å². The Morgan fingerprint density at radius 2 is 1.56 bits per heavy atom. The summed E-state index contributed by atoms with van der Waals surface area (Å²) in [5.74, 6) is 0.494. The zero-order valence-electron chi connectivity index (χ0n) is 13.5. The van der Waals surface area contributed by atoms with Gasteiger partial charge in [0.25, 0.3) is 0 Å². The molecule has 0 aliphatic carbocycles. The van der Waals surface area contributed by atoms with Crippen molar-refractivity contribution in [1.29, 1.82) is 0 Å². The third-order valence-electron chi connectivity index (χ3n) is 3.77. The average molecular weight is 341 g/mol. The lowest BCUT2D eigenvalue weighted by molar-refractivity contribution is 0.281. The number of aromatic nitrogens is 4. The Labute approximate surface area is 144 Å². The first kappa shape index (κ1) is 16.8. The van der Waals surface area contributed by atoms with E-state index in [0.717, 1.165) is 11.3 Å². The molecule has 0 radical (unpaired) electrons. The number of hydrogen-bond acceptors (Lipinski definition) is 9. The van der Waals surface area contributed by atoms with Gasteiger partial charge in [0.2, 0.25) is 0 Å². The van der Waals surface area contributed by atoms with E-state index in [2.05, 4.69) is 19.9 Å². The highest BCUT2D eigenvalue weighted by Crippen LogP contribution is 2.27. The highest BCUT2D eigenvalue weighted by molar-refractivity contribution is 5.86. The molecule has 2 aromatic heterocycles. The molecule has 0 spiro atoms. The summed E-state index contributed by atoms with van der Waals surface area (Å²) in [6.07, 6.45) is 1.32. The van der Waals surface area contributed by atoms with Gasteiger partial charge in [-0.25, -0.2) is 19.9 Å². The molecular formula is C16H19N7O2. The molecule has 25 heavy (non-hydrogen) atoms. The summed E-state index contributed by atoms with van der Waals surface area (Å²) in [6.45, 7) is 0.881. The maximum atomic E-state index is 9.14. The number of fused-ring (bicyclic) bond motifs is 1. The van der Waals surface area contributed by atoms with Gasteiger partial charge >= 0.3 is 0 Å². The van der Waals surface area contributed by atoms with Crippen LogP contribution in [0.1, 0.15) is 0 Å². The van der Waals surface area contributed by atoms with Gasteiger partial charge in [0, 0.05) is 24.3 Å². The summed E-state index contributed by atoms with van der Waals surface area (Å²) >= 11 is 0. The highest BCUT2D eigenvalue weighted by Gasteiger charge is 2.12. The minimum absolute atomic E-state index is 0.00409. The third kappa shape index (κ3) is 3.42. The number of nitrogen functional groups attached to an aromatic ring is 2. The maximum absolute atomic E-state index is 9.14. The van der Waals surface area contributed by atoms with E-state index in [-0.39, 0.29) is 24.8 Å². The van der Waals surface area contributed by atoms with Crippen molar-refractivity contribution in [3.05, 3.63) is 30.6 Å². The first-order chi connectivity index (χ1) is 12.1. The second kappa shape index (κ2) is 7.24. The Morgan fingerprint density at radius 3 is 2.20 bits per heavy atom. The second-order valence-electron chi connectivity index (χ2n) is 5.37. The van der Waals surface area contributed by atoms with E-state index in [1.165, 1.54) is 6.33 Å². The molecule has 3 aromatic rings. The molecule has 0 atom stereocenters. The molecule has 0 saturated heterocycles. The van der Waals surface area contributed by atoms with Crippen molar-refractivity contribution in [1.82, 2.24) is 19.9 Å². The standard InChI is InChI=1S/C16H19N7O2/c17-14-13-16(20-9-19-14)22-15(18)12(21-13)10-1-3-11(4-2-10)23(5-7-24)6-8-25/h1-4,9,24-25H,5-8H2,(H4,17,18,19,20,22). The highest BCUT2D eigenvalue weighted by atomic mass is 16.3. The van der Waals surface area contributed by atoms with Crippen LogP contribution < -0.4 is 16.4 Å². The van der Waals surface area contributed by atoms with E-state index in [9.17, 15) is 0 Å². The molecule has 0 fully saturated rings. The molecular weight excluding hydrogens is 322 g/mol. The third-order valence-corrected chi connectivity index (χ3v) is 3.77. The Balaban J connectivity index is 1.98. The fraction of sp³-hybridized carbons (Fsp3) is 0.250. The van der Waals surface area contributed by atoms with E-state index in [0.29, 0.717) is 29.9 Å². The normalized spacial score (nSPS) is 11.0. The fourth-order valence-electron chi connectivity index (χ4n) is 2.56. The van der Waals surface area contributed by atoms with Gasteiger partial charge in [0.1, 0.15) is 12.0 Å². The Bertz CT molecular complexity index is 864. The summed E-state index contributed by atoms with van der Waals surface area (Å²) in [7, 11) is 0. The number of nitrogens with zero attached hydrogens (tertiary/aromatic N) is 5. The Morgan fingerprint density at radius 1 is 0.880 bits per heavy atom. The van der Waals surface area contributed by atoms with Gasteiger partial charge in [-0.2, -0.15) is 0 Å². The number of aliphatic hydroxyl groups excluding tert-OH is 2. The van der Waals surface area contributed by atoms with Crippen molar-refractivity contribution in [2.45, 2.75) is 0 Å². The summed E-state index contributed by atoms with van der Waals surface area (Å²) in [6, 6.07) is 7.44. The molecule has 0 bridgehead atoms. The van der Waals surface area contributed by atoms with E-state index < -0.39 is 0 Å².